The van der Waals surface area contributed by atoms with Crippen molar-refractivity contribution in [2.24, 2.45) is 0 Å². The molecule has 32 heavy (non-hydrogen) atoms. The summed E-state index contributed by atoms with van der Waals surface area (Å²) >= 11 is 5.96. The Morgan fingerprint density at radius 2 is 1.69 bits per heavy atom. The van der Waals surface area contributed by atoms with E-state index in [4.69, 9.17) is 11.6 Å². The standard InChI is InChI=1S/C24H21ClN6O/c25-20-5-7-21(8-6-20)31-17-19(16-28-31)22-9-4-18(15-27-22)24(32)30-13-11-29(12-14-30)23-3-1-2-10-26-23/h1-10,15-17H,11-14H2. The van der Waals surface area contributed by atoms with E-state index in [1.165, 1.54) is 0 Å². The molecule has 0 unspecified atom stereocenters. The van der Waals surface area contributed by atoms with Crippen LogP contribution in [0.25, 0.3) is 16.9 Å². The molecule has 0 aliphatic carbocycles. The number of rotatable bonds is 4. The predicted molar refractivity (Wildman–Crippen MR) is 124 cm³/mol. The maximum absolute atomic E-state index is 12.9. The predicted octanol–water partition coefficient (Wildman–Crippen LogP) is 3.95. The molecule has 4 heterocycles. The Balaban J connectivity index is 1.24. The lowest BCUT2D eigenvalue weighted by atomic mass is 10.1. The van der Waals surface area contributed by atoms with Gasteiger partial charge in [-0.3, -0.25) is 9.78 Å². The summed E-state index contributed by atoms with van der Waals surface area (Å²) in [5, 5.41) is 5.09. The fourth-order valence-electron chi connectivity index (χ4n) is 3.74. The molecule has 0 N–H and O–H groups in total. The second-order valence-corrected chi connectivity index (χ2v) is 7.99. The highest BCUT2D eigenvalue weighted by Crippen LogP contribution is 2.20. The molecule has 0 radical (unpaired) electrons. The Kier molecular flexibility index (Phi) is 5.56. The maximum atomic E-state index is 12.9. The Hall–Kier alpha value is -3.71. The van der Waals surface area contributed by atoms with Crippen molar-refractivity contribution >= 4 is 23.3 Å². The number of amides is 1. The molecule has 7 nitrogen and oxygen atoms in total. The van der Waals surface area contributed by atoms with Crippen molar-refractivity contribution in [2.45, 2.75) is 0 Å². The van der Waals surface area contributed by atoms with Crippen LogP contribution < -0.4 is 4.90 Å². The van der Waals surface area contributed by atoms with Gasteiger partial charge >= 0.3 is 0 Å². The quantitative estimate of drug-likeness (QED) is 0.477. The third kappa shape index (κ3) is 4.20. The Morgan fingerprint density at radius 3 is 2.38 bits per heavy atom. The van der Waals surface area contributed by atoms with Crippen LogP contribution in [0.3, 0.4) is 0 Å². The van der Waals surface area contributed by atoms with Crippen molar-refractivity contribution in [1.82, 2.24) is 24.6 Å². The fourth-order valence-corrected chi connectivity index (χ4v) is 3.87. The van der Waals surface area contributed by atoms with Crippen LogP contribution in [0.1, 0.15) is 10.4 Å². The van der Waals surface area contributed by atoms with E-state index < -0.39 is 0 Å². The van der Waals surface area contributed by atoms with Gasteiger partial charge in [0.05, 0.1) is 23.1 Å². The molecule has 0 spiro atoms. The van der Waals surface area contributed by atoms with E-state index in [1.54, 1.807) is 23.3 Å². The van der Waals surface area contributed by atoms with Crippen molar-refractivity contribution in [3.63, 3.8) is 0 Å². The first-order valence-corrected chi connectivity index (χ1v) is 10.8. The van der Waals surface area contributed by atoms with Crippen LogP contribution in [0.4, 0.5) is 5.82 Å². The Bertz CT molecular complexity index is 1200. The van der Waals surface area contributed by atoms with Crippen LogP contribution in [-0.4, -0.2) is 56.7 Å². The third-order valence-corrected chi connectivity index (χ3v) is 5.77. The zero-order valence-electron chi connectivity index (χ0n) is 17.3. The highest BCUT2D eigenvalue weighted by Gasteiger charge is 2.23. The molecule has 4 aromatic rings. The van der Waals surface area contributed by atoms with Gasteiger partial charge in [0.2, 0.25) is 0 Å². The summed E-state index contributed by atoms with van der Waals surface area (Å²) in [7, 11) is 0. The van der Waals surface area contributed by atoms with Crippen molar-refractivity contribution in [3.05, 3.63) is 90.0 Å². The number of aromatic nitrogens is 4. The minimum Gasteiger partial charge on any atom is -0.353 e. The molecule has 1 aromatic carbocycles. The van der Waals surface area contributed by atoms with E-state index in [1.807, 2.05) is 65.7 Å². The summed E-state index contributed by atoms with van der Waals surface area (Å²) in [5.74, 6) is 0.950. The number of halogens is 1. The summed E-state index contributed by atoms with van der Waals surface area (Å²) in [4.78, 5) is 25.9. The zero-order valence-corrected chi connectivity index (χ0v) is 18.1. The van der Waals surface area contributed by atoms with Gasteiger partial charge < -0.3 is 9.80 Å². The van der Waals surface area contributed by atoms with Crippen molar-refractivity contribution in [1.29, 1.82) is 0 Å². The molecule has 8 heteroatoms. The SMILES string of the molecule is O=C(c1ccc(-c2cnn(-c3ccc(Cl)cc3)c2)nc1)N1CCN(c2ccccn2)CC1. The average Bonchev–Trinajstić information content (AvgIpc) is 3.35. The van der Waals surface area contributed by atoms with Crippen molar-refractivity contribution < 1.29 is 4.79 Å². The van der Waals surface area contributed by atoms with Crippen LogP contribution in [0.2, 0.25) is 5.02 Å². The molecule has 0 bridgehead atoms. The van der Waals surface area contributed by atoms with E-state index in [0.29, 0.717) is 23.7 Å². The molecule has 0 atom stereocenters. The number of hydrogen-bond acceptors (Lipinski definition) is 5. The lowest BCUT2D eigenvalue weighted by molar-refractivity contribution is 0.0746. The van der Waals surface area contributed by atoms with E-state index >= 15 is 0 Å². The van der Waals surface area contributed by atoms with Crippen LogP contribution >= 0.6 is 11.6 Å². The fraction of sp³-hybridized carbons (Fsp3) is 0.167. The Labute approximate surface area is 190 Å². The number of hydrogen-bond donors (Lipinski definition) is 0. The van der Waals surface area contributed by atoms with E-state index in [2.05, 4.69) is 20.0 Å². The normalized spacial score (nSPS) is 13.9. The van der Waals surface area contributed by atoms with Gasteiger partial charge in [-0.1, -0.05) is 17.7 Å². The first kappa shape index (κ1) is 20.2. The molecule has 1 aliphatic rings. The topological polar surface area (TPSA) is 67.2 Å². The highest BCUT2D eigenvalue weighted by atomic mass is 35.5. The Morgan fingerprint density at radius 1 is 0.875 bits per heavy atom. The first-order valence-electron chi connectivity index (χ1n) is 10.4. The van der Waals surface area contributed by atoms with E-state index in [-0.39, 0.29) is 5.91 Å². The molecule has 1 saturated heterocycles. The summed E-state index contributed by atoms with van der Waals surface area (Å²) in [6.07, 6.45) is 7.10. The van der Waals surface area contributed by atoms with Gasteiger partial charge in [-0.25, -0.2) is 9.67 Å². The lowest BCUT2D eigenvalue weighted by Crippen LogP contribution is -2.49. The second-order valence-electron chi connectivity index (χ2n) is 7.55. The van der Waals surface area contributed by atoms with Crippen LogP contribution in [0, 0.1) is 0 Å². The zero-order chi connectivity index (χ0) is 21.9. The molecule has 1 fully saturated rings. The van der Waals surface area contributed by atoms with E-state index in [0.717, 1.165) is 35.9 Å². The van der Waals surface area contributed by atoms with Gasteiger partial charge in [0.1, 0.15) is 5.82 Å². The summed E-state index contributed by atoms with van der Waals surface area (Å²) in [6, 6.07) is 17.0. The van der Waals surface area contributed by atoms with Gasteiger partial charge in [-0.05, 0) is 48.5 Å². The van der Waals surface area contributed by atoms with Gasteiger partial charge in [0.15, 0.2) is 0 Å². The first-order chi connectivity index (χ1) is 15.7. The number of piperazine rings is 1. The number of pyridine rings is 2. The van der Waals surface area contributed by atoms with Gasteiger partial charge in [-0.2, -0.15) is 5.10 Å². The van der Waals surface area contributed by atoms with Gasteiger partial charge in [0, 0.05) is 55.4 Å². The highest BCUT2D eigenvalue weighted by molar-refractivity contribution is 6.30. The monoisotopic (exact) mass is 444 g/mol. The largest absolute Gasteiger partial charge is 0.353 e. The number of carbonyl (C=O) groups excluding carboxylic acids is 1. The average molecular weight is 445 g/mol. The van der Waals surface area contributed by atoms with Crippen LogP contribution in [-0.2, 0) is 0 Å². The summed E-state index contributed by atoms with van der Waals surface area (Å²) in [5.41, 5.74) is 3.15. The number of anilines is 1. The van der Waals surface area contributed by atoms with Gasteiger partial charge in [0.25, 0.3) is 5.91 Å². The van der Waals surface area contributed by atoms with Crippen LogP contribution in [0.5, 0.6) is 0 Å². The summed E-state index contributed by atoms with van der Waals surface area (Å²) < 4.78 is 1.77. The van der Waals surface area contributed by atoms with E-state index in [9.17, 15) is 4.79 Å². The molecule has 160 valence electrons. The molecule has 1 amide bonds. The number of carbonyl (C=O) groups is 1. The smallest absolute Gasteiger partial charge is 0.255 e. The molecule has 3 aromatic heterocycles. The maximum Gasteiger partial charge on any atom is 0.255 e. The molecule has 5 rings (SSSR count). The molecular formula is C24H21ClN6O. The molecular weight excluding hydrogens is 424 g/mol. The second kappa shape index (κ2) is 8.80. The summed E-state index contributed by atoms with van der Waals surface area (Å²) in [6.45, 7) is 2.84. The van der Waals surface area contributed by atoms with Crippen molar-refractivity contribution in [2.75, 3.05) is 31.1 Å². The van der Waals surface area contributed by atoms with Crippen LogP contribution in [0.15, 0.2) is 79.4 Å². The third-order valence-electron chi connectivity index (χ3n) is 5.52. The minimum absolute atomic E-state index is 0.00146. The van der Waals surface area contributed by atoms with Crippen molar-refractivity contribution in [3.8, 4) is 16.9 Å². The minimum atomic E-state index is 0.00146. The van der Waals surface area contributed by atoms with Gasteiger partial charge in [-0.15, -0.1) is 0 Å². The molecule has 1 aliphatic heterocycles. The number of benzene rings is 1. The molecule has 0 saturated carbocycles. The number of nitrogens with zero attached hydrogens (tertiary/aromatic N) is 6. The lowest BCUT2D eigenvalue weighted by Gasteiger charge is -2.35.